The standard InChI is InChI=1S/C31H34F2N4O/c32-31(33)38-28-13-9-24(10-14-28)25-15-16-35-30(19-25)36-29-6-2-1-5-26(29)18-23-4-3-17-37(21-23)27-11-7-22(20-34)8-12-27/h7-16,19,23,26,29,31H,1-6,17-18,21H2,(H,35,36)/t23-,26+,29-/m1/s1. The molecule has 3 atom stereocenters. The molecule has 3 aromatic rings. The number of piperidine rings is 1. The Labute approximate surface area is 223 Å². The average Bonchev–Trinajstić information content (AvgIpc) is 2.95. The van der Waals surface area contributed by atoms with Crippen LogP contribution in [-0.4, -0.2) is 30.7 Å². The van der Waals surface area contributed by atoms with E-state index in [1.807, 2.05) is 24.3 Å². The first-order chi connectivity index (χ1) is 18.6. The first-order valence-corrected chi connectivity index (χ1v) is 13.6. The molecule has 2 aliphatic rings. The highest BCUT2D eigenvalue weighted by molar-refractivity contribution is 5.67. The van der Waals surface area contributed by atoms with E-state index in [1.165, 1.54) is 44.2 Å². The van der Waals surface area contributed by atoms with Crippen molar-refractivity contribution in [2.24, 2.45) is 11.8 Å². The molecular weight excluding hydrogens is 482 g/mol. The molecule has 7 heteroatoms. The minimum Gasteiger partial charge on any atom is -0.435 e. The van der Waals surface area contributed by atoms with Crippen LogP contribution >= 0.6 is 0 Å². The number of pyridine rings is 1. The normalized spacial score (nSPS) is 21.6. The first kappa shape index (κ1) is 26.0. The van der Waals surface area contributed by atoms with Crippen LogP contribution in [0.3, 0.4) is 0 Å². The molecule has 1 aliphatic carbocycles. The van der Waals surface area contributed by atoms with Gasteiger partial charge in [0, 0.05) is 31.0 Å². The second-order valence-corrected chi connectivity index (χ2v) is 10.5. The molecule has 2 aromatic carbocycles. The molecule has 0 bridgehead atoms. The van der Waals surface area contributed by atoms with Gasteiger partial charge >= 0.3 is 6.61 Å². The summed E-state index contributed by atoms with van der Waals surface area (Å²) >= 11 is 0. The number of ether oxygens (including phenoxy) is 1. The second-order valence-electron chi connectivity index (χ2n) is 10.5. The van der Waals surface area contributed by atoms with Gasteiger partial charge < -0.3 is 15.0 Å². The maximum atomic E-state index is 12.5. The van der Waals surface area contributed by atoms with Crippen LogP contribution in [0.4, 0.5) is 20.3 Å². The minimum absolute atomic E-state index is 0.154. The molecule has 0 spiro atoms. The fraction of sp³-hybridized carbons (Fsp3) is 0.419. The quantitative estimate of drug-likeness (QED) is 0.336. The number of benzene rings is 2. The maximum Gasteiger partial charge on any atom is 0.387 e. The van der Waals surface area contributed by atoms with Crippen molar-refractivity contribution in [1.82, 2.24) is 4.98 Å². The number of alkyl halides is 2. The van der Waals surface area contributed by atoms with E-state index < -0.39 is 6.61 Å². The highest BCUT2D eigenvalue weighted by Gasteiger charge is 2.30. The van der Waals surface area contributed by atoms with Gasteiger partial charge in [0.25, 0.3) is 0 Å². The Balaban J connectivity index is 1.22. The van der Waals surface area contributed by atoms with E-state index in [4.69, 9.17) is 5.26 Å². The molecule has 2 fully saturated rings. The van der Waals surface area contributed by atoms with Crippen LogP contribution < -0.4 is 15.0 Å². The molecule has 5 rings (SSSR count). The predicted octanol–water partition coefficient (Wildman–Crippen LogP) is 7.50. The number of rotatable bonds is 8. The smallest absolute Gasteiger partial charge is 0.387 e. The van der Waals surface area contributed by atoms with Crippen molar-refractivity contribution in [3.05, 3.63) is 72.4 Å². The topological polar surface area (TPSA) is 61.2 Å². The molecule has 1 saturated heterocycles. The summed E-state index contributed by atoms with van der Waals surface area (Å²) in [6, 6.07) is 21.3. The Bertz CT molecular complexity index is 1230. The van der Waals surface area contributed by atoms with Gasteiger partial charge in [-0.3, -0.25) is 0 Å². The monoisotopic (exact) mass is 516 g/mol. The molecule has 2 heterocycles. The van der Waals surface area contributed by atoms with Crippen molar-refractivity contribution in [2.75, 3.05) is 23.3 Å². The largest absolute Gasteiger partial charge is 0.435 e. The van der Waals surface area contributed by atoms with Gasteiger partial charge in [-0.2, -0.15) is 14.0 Å². The lowest BCUT2D eigenvalue weighted by Gasteiger charge is -2.39. The lowest BCUT2D eigenvalue weighted by Crippen LogP contribution is -2.39. The van der Waals surface area contributed by atoms with Gasteiger partial charge in [0.2, 0.25) is 0 Å². The fourth-order valence-electron chi connectivity index (χ4n) is 6.05. The Morgan fingerprint density at radius 1 is 0.974 bits per heavy atom. The minimum atomic E-state index is -2.83. The third kappa shape index (κ3) is 6.61. The van der Waals surface area contributed by atoms with Crippen molar-refractivity contribution in [1.29, 1.82) is 5.26 Å². The summed E-state index contributed by atoms with van der Waals surface area (Å²) in [6.07, 6.45) is 10.3. The number of nitrogens with one attached hydrogen (secondary N) is 1. The third-order valence-electron chi connectivity index (χ3n) is 7.93. The zero-order valence-corrected chi connectivity index (χ0v) is 21.5. The summed E-state index contributed by atoms with van der Waals surface area (Å²) in [6.45, 7) is -0.692. The van der Waals surface area contributed by atoms with Gasteiger partial charge in [0.15, 0.2) is 0 Å². The van der Waals surface area contributed by atoms with E-state index in [0.29, 0.717) is 23.4 Å². The lowest BCUT2D eigenvalue weighted by atomic mass is 9.77. The van der Waals surface area contributed by atoms with Crippen LogP contribution in [-0.2, 0) is 0 Å². The highest BCUT2D eigenvalue weighted by Crippen LogP contribution is 2.35. The van der Waals surface area contributed by atoms with E-state index in [9.17, 15) is 8.78 Å². The summed E-state index contributed by atoms with van der Waals surface area (Å²) < 4.78 is 29.4. The molecule has 198 valence electrons. The van der Waals surface area contributed by atoms with Gasteiger partial charge in [0.05, 0.1) is 11.6 Å². The molecule has 1 saturated carbocycles. The Morgan fingerprint density at radius 3 is 2.53 bits per heavy atom. The molecule has 0 radical (unpaired) electrons. The van der Waals surface area contributed by atoms with Gasteiger partial charge in [-0.05, 0) is 104 Å². The van der Waals surface area contributed by atoms with Crippen LogP contribution in [0.15, 0.2) is 66.9 Å². The summed E-state index contributed by atoms with van der Waals surface area (Å²) in [5, 5.41) is 12.8. The second kappa shape index (κ2) is 12.3. The van der Waals surface area contributed by atoms with Crippen LogP contribution in [0, 0.1) is 23.2 Å². The Hall–Kier alpha value is -3.66. The first-order valence-electron chi connectivity index (χ1n) is 13.6. The zero-order valence-electron chi connectivity index (χ0n) is 21.5. The van der Waals surface area contributed by atoms with E-state index in [-0.39, 0.29) is 5.75 Å². The van der Waals surface area contributed by atoms with Crippen molar-refractivity contribution >= 4 is 11.5 Å². The van der Waals surface area contributed by atoms with Crippen molar-refractivity contribution in [2.45, 2.75) is 57.6 Å². The molecule has 0 amide bonds. The molecule has 0 unspecified atom stereocenters. The van der Waals surface area contributed by atoms with E-state index in [1.54, 1.807) is 30.5 Å². The van der Waals surface area contributed by atoms with E-state index in [0.717, 1.165) is 36.5 Å². The van der Waals surface area contributed by atoms with Crippen LogP contribution in [0.1, 0.15) is 50.5 Å². The van der Waals surface area contributed by atoms with Crippen molar-refractivity contribution in [3.63, 3.8) is 0 Å². The molecule has 5 nitrogen and oxygen atoms in total. The van der Waals surface area contributed by atoms with Crippen LogP contribution in [0.25, 0.3) is 11.1 Å². The molecule has 1 aliphatic heterocycles. The third-order valence-corrected chi connectivity index (χ3v) is 7.93. The van der Waals surface area contributed by atoms with Crippen LogP contribution in [0.2, 0.25) is 0 Å². The van der Waals surface area contributed by atoms with E-state index >= 15 is 0 Å². The van der Waals surface area contributed by atoms with Gasteiger partial charge in [-0.25, -0.2) is 4.98 Å². The number of nitrogens with zero attached hydrogens (tertiary/aromatic N) is 3. The molecule has 1 aromatic heterocycles. The lowest BCUT2D eigenvalue weighted by molar-refractivity contribution is -0.0498. The maximum absolute atomic E-state index is 12.5. The zero-order chi connectivity index (χ0) is 26.3. The van der Waals surface area contributed by atoms with Gasteiger partial charge in [-0.1, -0.05) is 25.0 Å². The number of hydrogen-bond donors (Lipinski definition) is 1. The summed E-state index contributed by atoms with van der Waals surface area (Å²) in [5.41, 5.74) is 3.84. The molecular formula is C31H34F2N4O. The molecule has 1 N–H and O–H groups in total. The highest BCUT2D eigenvalue weighted by atomic mass is 19.3. The SMILES string of the molecule is N#Cc1ccc(N2CCC[C@H](C[C@@H]3CCCC[C@H]3Nc3cc(-c4ccc(OC(F)F)cc4)ccn3)C2)cc1. The predicted molar refractivity (Wildman–Crippen MR) is 146 cm³/mol. The number of anilines is 2. The number of nitriles is 1. The van der Waals surface area contributed by atoms with Crippen molar-refractivity contribution < 1.29 is 13.5 Å². The Morgan fingerprint density at radius 2 is 1.76 bits per heavy atom. The fourth-order valence-corrected chi connectivity index (χ4v) is 6.05. The van der Waals surface area contributed by atoms with Crippen molar-refractivity contribution in [3.8, 4) is 22.9 Å². The van der Waals surface area contributed by atoms with Gasteiger partial charge in [0.1, 0.15) is 11.6 Å². The summed E-state index contributed by atoms with van der Waals surface area (Å²) in [4.78, 5) is 7.07. The summed E-state index contributed by atoms with van der Waals surface area (Å²) in [7, 11) is 0. The average molecular weight is 517 g/mol. The summed E-state index contributed by atoms with van der Waals surface area (Å²) in [5.74, 6) is 2.27. The molecule has 38 heavy (non-hydrogen) atoms. The van der Waals surface area contributed by atoms with Gasteiger partial charge in [-0.15, -0.1) is 0 Å². The Kier molecular flexibility index (Phi) is 8.37. The number of halogens is 2. The van der Waals surface area contributed by atoms with Crippen LogP contribution in [0.5, 0.6) is 5.75 Å². The van der Waals surface area contributed by atoms with E-state index in [2.05, 4.69) is 38.1 Å². The number of hydrogen-bond acceptors (Lipinski definition) is 5. The number of aromatic nitrogens is 1.